The van der Waals surface area contributed by atoms with Gasteiger partial charge in [-0.3, -0.25) is 0 Å². The van der Waals surface area contributed by atoms with Crippen LogP contribution in [0, 0.1) is 0 Å². The molecule has 0 bridgehead atoms. The minimum atomic E-state index is -1.06. The highest BCUT2D eigenvalue weighted by Crippen LogP contribution is 2.15. The zero-order chi connectivity index (χ0) is 9.84. The minimum absolute atomic E-state index is 0.172. The van der Waals surface area contributed by atoms with Crippen LogP contribution in [-0.2, 0) is 0 Å². The smallest absolute Gasteiger partial charge is 0.405 e. The number of hydrogen-bond donors (Lipinski definition) is 3. The fourth-order valence-electron chi connectivity index (χ4n) is 1.03. The van der Waals surface area contributed by atoms with Crippen molar-refractivity contribution in [3.8, 4) is 5.75 Å². The third-order valence-electron chi connectivity index (χ3n) is 1.73. The molecule has 0 aliphatic heterocycles. The highest BCUT2D eigenvalue weighted by Gasteiger charge is 2.06. The Hall–Kier alpha value is -1.71. The molecular weight excluding hydrogens is 170 g/mol. The van der Waals surface area contributed by atoms with Crippen LogP contribution < -0.4 is 5.32 Å². The molecule has 0 heterocycles. The molecule has 0 saturated carbocycles. The molecule has 3 N–H and O–H groups in total. The van der Waals surface area contributed by atoms with Crippen LogP contribution in [0.5, 0.6) is 5.75 Å². The van der Waals surface area contributed by atoms with Gasteiger partial charge in [-0.2, -0.15) is 0 Å². The standard InChI is InChI=1S/C9H11NO3/c1-6(10-9(12)13)7-2-4-8(11)5-3-7/h2-6,10-11H,1H3,(H,12,13). The average molecular weight is 181 g/mol. The second-order valence-electron chi connectivity index (χ2n) is 2.76. The van der Waals surface area contributed by atoms with Crippen LogP contribution in [-0.4, -0.2) is 16.3 Å². The lowest BCUT2D eigenvalue weighted by Crippen LogP contribution is -2.24. The van der Waals surface area contributed by atoms with Gasteiger partial charge in [0.25, 0.3) is 0 Å². The molecule has 0 saturated heterocycles. The normalized spacial score (nSPS) is 12.1. The summed E-state index contributed by atoms with van der Waals surface area (Å²) in [7, 11) is 0. The first kappa shape index (κ1) is 9.38. The van der Waals surface area contributed by atoms with Gasteiger partial charge in [-0.15, -0.1) is 0 Å². The number of hydrogen-bond acceptors (Lipinski definition) is 2. The molecule has 0 fully saturated rings. The summed E-state index contributed by atoms with van der Waals surface area (Å²) < 4.78 is 0. The monoisotopic (exact) mass is 181 g/mol. The molecule has 1 amide bonds. The molecule has 0 aliphatic carbocycles. The molecule has 1 rings (SSSR count). The van der Waals surface area contributed by atoms with Crippen molar-refractivity contribution in [2.45, 2.75) is 13.0 Å². The summed E-state index contributed by atoms with van der Waals surface area (Å²) in [5.74, 6) is 0.172. The lowest BCUT2D eigenvalue weighted by atomic mass is 10.1. The Morgan fingerprint density at radius 1 is 1.38 bits per heavy atom. The summed E-state index contributed by atoms with van der Waals surface area (Å²) in [6.07, 6.45) is -1.06. The average Bonchev–Trinajstić information content (AvgIpc) is 2.04. The maximum atomic E-state index is 10.3. The molecule has 4 heteroatoms. The van der Waals surface area contributed by atoms with E-state index in [1.807, 2.05) is 0 Å². The van der Waals surface area contributed by atoms with Crippen LogP contribution in [0.15, 0.2) is 24.3 Å². The second-order valence-corrected chi connectivity index (χ2v) is 2.76. The summed E-state index contributed by atoms with van der Waals surface area (Å²) in [4.78, 5) is 10.3. The Kier molecular flexibility index (Phi) is 2.74. The number of nitrogens with one attached hydrogen (secondary N) is 1. The molecule has 0 aliphatic rings. The summed E-state index contributed by atoms with van der Waals surface area (Å²) in [6, 6.07) is 6.13. The fourth-order valence-corrected chi connectivity index (χ4v) is 1.03. The summed E-state index contributed by atoms with van der Waals surface area (Å²) in [5.41, 5.74) is 0.820. The molecular formula is C9H11NO3. The number of amides is 1. The van der Waals surface area contributed by atoms with E-state index >= 15 is 0 Å². The Morgan fingerprint density at radius 2 is 1.92 bits per heavy atom. The van der Waals surface area contributed by atoms with Gasteiger partial charge in [0.05, 0.1) is 6.04 Å². The molecule has 4 nitrogen and oxygen atoms in total. The van der Waals surface area contributed by atoms with E-state index in [0.29, 0.717) is 0 Å². The van der Waals surface area contributed by atoms with Crippen molar-refractivity contribution in [1.82, 2.24) is 5.32 Å². The Labute approximate surface area is 75.8 Å². The highest BCUT2D eigenvalue weighted by atomic mass is 16.4. The second kappa shape index (κ2) is 3.80. The highest BCUT2D eigenvalue weighted by molar-refractivity contribution is 5.65. The number of rotatable bonds is 2. The van der Waals surface area contributed by atoms with Crippen LogP contribution in [0.1, 0.15) is 18.5 Å². The first-order valence-electron chi connectivity index (χ1n) is 3.88. The number of carboxylic acid groups (broad SMARTS) is 1. The lowest BCUT2D eigenvalue weighted by Gasteiger charge is -2.11. The van der Waals surface area contributed by atoms with Crippen molar-refractivity contribution in [2.75, 3.05) is 0 Å². The SMILES string of the molecule is CC(NC(=O)O)c1ccc(O)cc1. The van der Waals surface area contributed by atoms with Crippen molar-refractivity contribution in [3.05, 3.63) is 29.8 Å². The third-order valence-corrected chi connectivity index (χ3v) is 1.73. The van der Waals surface area contributed by atoms with Crippen LogP contribution >= 0.6 is 0 Å². The van der Waals surface area contributed by atoms with E-state index < -0.39 is 6.09 Å². The molecule has 13 heavy (non-hydrogen) atoms. The van der Waals surface area contributed by atoms with Crippen LogP contribution in [0.25, 0.3) is 0 Å². The third kappa shape index (κ3) is 2.66. The van der Waals surface area contributed by atoms with Crippen LogP contribution in [0.2, 0.25) is 0 Å². The maximum absolute atomic E-state index is 10.3. The molecule has 70 valence electrons. The summed E-state index contributed by atoms with van der Waals surface area (Å²) in [5, 5.41) is 19.7. The zero-order valence-electron chi connectivity index (χ0n) is 7.19. The van der Waals surface area contributed by atoms with Crippen molar-refractivity contribution < 1.29 is 15.0 Å². The minimum Gasteiger partial charge on any atom is -0.508 e. The van der Waals surface area contributed by atoms with Gasteiger partial charge in [0.15, 0.2) is 0 Å². The van der Waals surface area contributed by atoms with E-state index in [-0.39, 0.29) is 11.8 Å². The van der Waals surface area contributed by atoms with Gasteiger partial charge in [-0.05, 0) is 24.6 Å². The first-order chi connectivity index (χ1) is 6.09. The predicted molar refractivity (Wildman–Crippen MR) is 47.7 cm³/mol. The maximum Gasteiger partial charge on any atom is 0.405 e. The van der Waals surface area contributed by atoms with E-state index in [0.717, 1.165) is 5.56 Å². The van der Waals surface area contributed by atoms with Gasteiger partial charge in [-0.1, -0.05) is 12.1 Å². The number of carbonyl (C=O) groups is 1. The quantitative estimate of drug-likeness (QED) is 0.650. The fraction of sp³-hybridized carbons (Fsp3) is 0.222. The van der Waals surface area contributed by atoms with Crippen molar-refractivity contribution in [2.24, 2.45) is 0 Å². The molecule has 0 spiro atoms. The summed E-state index contributed by atoms with van der Waals surface area (Å²) >= 11 is 0. The molecule has 1 aromatic rings. The van der Waals surface area contributed by atoms with E-state index in [4.69, 9.17) is 10.2 Å². The topological polar surface area (TPSA) is 69.6 Å². The van der Waals surface area contributed by atoms with Crippen molar-refractivity contribution in [3.63, 3.8) is 0 Å². The molecule has 0 aromatic heterocycles. The Bertz CT molecular complexity index is 294. The van der Waals surface area contributed by atoms with Crippen molar-refractivity contribution >= 4 is 6.09 Å². The van der Waals surface area contributed by atoms with E-state index in [1.54, 1.807) is 19.1 Å². The zero-order valence-corrected chi connectivity index (χ0v) is 7.19. The van der Waals surface area contributed by atoms with Gasteiger partial charge in [0.1, 0.15) is 5.75 Å². The van der Waals surface area contributed by atoms with E-state index in [9.17, 15) is 4.79 Å². The first-order valence-corrected chi connectivity index (χ1v) is 3.88. The molecule has 1 aromatic carbocycles. The molecule has 1 unspecified atom stereocenters. The largest absolute Gasteiger partial charge is 0.508 e. The lowest BCUT2D eigenvalue weighted by molar-refractivity contribution is 0.191. The summed E-state index contributed by atoms with van der Waals surface area (Å²) in [6.45, 7) is 1.74. The predicted octanol–water partition coefficient (Wildman–Crippen LogP) is 1.72. The number of benzene rings is 1. The molecule has 0 radical (unpaired) electrons. The van der Waals surface area contributed by atoms with E-state index in [2.05, 4.69) is 5.32 Å². The Morgan fingerprint density at radius 3 is 2.38 bits per heavy atom. The number of aromatic hydroxyl groups is 1. The number of phenols is 1. The van der Waals surface area contributed by atoms with E-state index in [1.165, 1.54) is 12.1 Å². The van der Waals surface area contributed by atoms with Gasteiger partial charge in [0, 0.05) is 0 Å². The number of phenolic OH excluding ortho intramolecular Hbond substituents is 1. The Balaban J connectivity index is 2.71. The van der Waals surface area contributed by atoms with Crippen molar-refractivity contribution in [1.29, 1.82) is 0 Å². The molecule has 1 atom stereocenters. The van der Waals surface area contributed by atoms with Crippen LogP contribution in [0.3, 0.4) is 0 Å². The van der Waals surface area contributed by atoms with Gasteiger partial charge in [0.2, 0.25) is 0 Å². The van der Waals surface area contributed by atoms with Gasteiger partial charge < -0.3 is 15.5 Å². The van der Waals surface area contributed by atoms with Gasteiger partial charge in [-0.25, -0.2) is 4.79 Å². The van der Waals surface area contributed by atoms with Crippen LogP contribution in [0.4, 0.5) is 4.79 Å². The van der Waals surface area contributed by atoms with Gasteiger partial charge >= 0.3 is 6.09 Å².